The summed E-state index contributed by atoms with van der Waals surface area (Å²) in [5.41, 5.74) is 1.06. The van der Waals surface area contributed by atoms with Gasteiger partial charge < -0.3 is 14.8 Å². The van der Waals surface area contributed by atoms with Crippen molar-refractivity contribution < 1.29 is 9.47 Å². The predicted octanol–water partition coefficient (Wildman–Crippen LogP) is 1.86. The van der Waals surface area contributed by atoms with Crippen molar-refractivity contribution in [1.29, 1.82) is 0 Å². The summed E-state index contributed by atoms with van der Waals surface area (Å²) >= 11 is 0. The number of hydrogen-bond donors (Lipinski definition) is 1. The second-order valence-corrected chi connectivity index (χ2v) is 4.18. The Morgan fingerprint density at radius 2 is 2.16 bits per heavy atom. The monoisotopic (exact) mass is 261 g/mol. The molecule has 1 aromatic heterocycles. The average Bonchev–Trinajstić information content (AvgIpc) is 2.97. The van der Waals surface area contributed by atoms with E-state index in [9.17, 15) is 0 Å². The molecule has 102 valence electrons. The maximum atomic E-state index is 5.42. The summed E-state index contributed by atoms with van der Waals surface area (Å²) in [5.74, 6) is 1.66. The molecule has 0 saturated heterocycles. The zero-order chi connectivity index (χ0) is 13.7. The number of nitrogens with one attached hydrogen (secondary N) is 1. The maximum Gasteiger partial charge on any atom is 0.123 e. The fourth-order valence-electron chi connectivity index (χ4n) is 2.05. The first kappa shape index (κ1) is 13.4. The van der Waals surface area contributed by atoms with E-state index in [4.69, 9.17) is 9.47 Å². The third kappa shape index (κ3) is 3.06. The van der Waals surface area contributed by atoms with E-state index in [0.29, 0.717) is 0 Å². The Bertz CT molecular complexity index is 511. The molecule has 0 bridgehead atoms. The smallest absolute Gasteiger partial charge is 0.123 e. The van der Waals surface area contributed by atoms with Crippen molar-refractivity contribution in [1.82, 2.24) is 15.1 Å². The molecule has 0 aliphatic rings. The number of ether oxygens (including phenoxy) is 2. The Kier molecular flexibility index (Phi) is 4.41. The van der Waals surface area contributed by atoms with E-state index in [0.717, 1.165) is 23.6 Å². The maximum absolute atomic E-state index is 5.42. The van der Waals surface area contributed by atoms with E-state index < -0.39 is 0 Å². The first-order valence-corrected chi connectivity index (χ1v) is 6.15. The lowest BCUT2D eigenvalue weighted by molar-refractivity contribution is 0.382. The van der Waals surface area contributed by atoms with Gasteiger partial charge in [0.05, 0.1) is 26.8 Å². The zero-order valence-corrected chi connectivity index (χ0v) is 11.5. The van der Waals surface area contributed by atoms with Crippen molar-refractivity contribution in [3.63, 3.8) is 0 Å². The van der Waals surface area contributed by atoms with E-state index in [-0.39, 0.29) is 6.04 Å². The standard InChI is InChI=1S/C14H19N3O2/c1-15-13(10-17-8-4-7-16-17)12-9-11(18-2)5-6-14(12)19-3/h4-9,13,15H,10H2,1-3H3. The molecular weight excluding hydrogens is 242 g/mol. The van der Waals surface area contributed by atoms with Crippen LogP contribution in [0.2, 0.25) is 0 Å². The van der Waals surface area contributed by atoms with Crippen LogP contribution in [0.5, 0.6) is 11.5 Å². The van der Waals surface area contributed by atoms with Gasteiger partial charge in [0.25, 0.3) is 0 Å². The van der Waals surface area contributed by atoms with E-state index >= 15 is 0 Å². The molecule has 0 aliphatic carbocycles. The molecule has 0 radical (unpaired) electrons. The summed E-state index contributed by atoms with van der Waals surface area (Å²) < 4.78 is 12.6. The Labute approximate surface area is 113 Å². The van der Waals surface area contributed by atoms with Crippen LogP contribution in [0.15, 0.2) is 36.7 Å². The topological polar surface area (TPSA) is 48.3 Å². The normalized spacial score (nSPS) is 12.2. The number of nitrogens with zero attached hydrogens (tertiary/aromatic N) is 2. The van der Waals surface area contributed by atoms with E-state index in [1.165, 1.54) is 0 Å². The Morgan fingerprint density at radius 1 is 1.32 bits per heavy atom. The molecule has 1 N–H and O–H groups in total. The van der Waals surface area contributed by atoms with Crippen LogP contribution in [0.3, 0.4) is 0 Å². The van der Waals surface area contributed by atoms with Gasteiger partial charge in [-0.15, -0.1) is 0 Å². The van der Waals surface area contributed by atoms with Crippen molar-refractivity contribution in [2.24, 2.45) is 0 Å². The molecule has 19 heavy (non-hydrogen) atoms. The van der Waals surface area contributed by atoms with Crippen LogP contribution in [0.1, 0.15) is 11.6 Å². The summed E-state index contributed by atoms with van der Waals surface area (Å²) in [6, 6.07) is 7.81. The largest absolute Gasteiger partial charge is 0.497 e. The van der Waals surface area contributed by atoms with Gasteiger partial charge >= 0.3 is 0 Å². The van der Waals surface area contributed by atoms with Gasteiger partial charge in [-0.2, -0.15) is 5.10 Å². The second kappa shape index (κ2) is 6.24. The molecule has 0 saturated carbocycles. The molecule has 0 amide bonds. The fraction of sp³-hybridized carbons (Fsp3) is 0.357. The first-order chi connectivity index (χ1) is 9.28. The quantitative estimate of drug-likeness (QED) is 0.862. The molecule has 2 aromatic rings. The minimum atomic E-state index is 0.102. The molecule has 0 fully saturated rings. The second-order valence-electron chi connectivity index (χ2n) is 4.18. The first-order valence-electron chi connectivity index (χ1n) is 6.15. The number of aromatic nitrogens is 2. The SMILES string of the molecule is CNC(Cn1cccn1)c1cc(OC)ccc1OC. The van der Waals surface area contributed by atoms with Crippen LogP contribution >= 0.6 is 0 Å². The molecule has 1 atom stereocenters. The number of benzene rings is 1. The van der Waals surface area contributed by atoms with Crippen LogP contribution in [0, 0.1) is 0 Å². The van der Waals surface area contributed by atoms with E-state index in [1.807, 2.05) is 42.2 Å². The molecule has 5 heteroatoms. The van der Waals surface area contributed by atoms with Gasteiger partial charge in [-0.3, -0.25) is 4.68 Å². The van der Waals surface area contributed by atoms with Gasteiger partial charge in [-0.25, -0.2) is 0 Å². The number of methoxy groups -OCH3 is 2. The molecule has 1 unspecified atom stereocenters. The van der Waals surface area contributed by atoms with Crippen LogP contribution in [-0.4, -0.2) is 31.0 Å². The third-order valence-electron chi connectivity index (χ3n) is 3.09. The summed E-state index contributed by atoms with van der Waals surface area (Å²) in [5, 5.41) is 7.52. The van der Waals surface area contributed by atoms with Crippen LogP contribution in [-0.2, 0) is 6.54 Å². The summed E-state index contributed by atoms with van der Waals surface area (Å²) in [7, 11) is 5.26. The Balaban J connectivity index is 2.30. The Morgan fingerprint density at radius 3 is 2.74 bits per heavy atom. The van der Waals surface area contributed by atoms with Crippen molar-refractivity contribution in [2.45, 2.75) is 12.6 Å². The van der Waals surface area contributed by atoms with Crippen LogP contribution in [0.25, 0.3) is 0 Å². The van der Waals surface area contributed by atoms with Crippen LogP contribution in [0.4, 0.5) is 0 Å². The number of likely N-dealkylation sites (N-methyl/N-ethyl adjacent to an activating group) is 1. The molecule has 0 aliphatic heterocycles. The van der Waals surface area contributed by atoms with Gasteiger partial charge in [0.15, 0.2) is 0 Å². The van der Waals surface area contributed by atoms with Crippen molar-refractivity contribution in [3.05, 3.63) is 42.2 Å². The predicted molar refractivity (Wildman–Crippen MR) is 73.6 cm³/mol. The molecule has 1 aromatic carbocycles. The molecule has 2 rings (SSSR count). The zero-order valence-electron chi connectivity index (χ0n) is 11.5. The Hall–Kier alpha value is -2.01. The number of rotatable bonds is 6. The van der Waals surface area contributed by atoms with E-state index in [2.05, 4.69) is 10.4 Å². The minimum Gasteiger partial charge on any atom is -0.497 e. The van der Waals surface area contributed by atoms with Gasteiger partial charge in [-0.05, 0) is 31.3 Å². The summed E-state index contributed by atoms with van der Waals surface area (Å²) in [6.07, 6.45) is 3.71. The molecule has 0 spiro atoms. The lowest BCUT2D eigenvalue weighted by Crippen LogP contribution is -2.22. The average molecular weight is 261 g/mol. The highest BCUT2D eigenvalue weighted by Crippen LogP contribution is 2.29. The van der Waals surface area contributed by atoms with Gasteiger partial charge in [-0.1, -0.05) is 0 Å². The van der Waals surface area contributed by atoms with E-state index in [1.54, 1.807) is 20.4 Å². The lowest BCUT2D eigenvalue weighted by atomic mass is 10.1. The molecule has 1 heterocycles. The van der Waals surface area contributed by atoms with Crippen molar-refractivity contribution in [2.75, 3.05) is 21.3 Å². The van der Waals surface area contributed by atoms with Gasteiger partial charge in [0.2, 0.25) is 0 Å². The molecule has 5 nitrogen and oxygen atoms in total. The summed E-state index contributed by atoms with van der Waals surface area (Å²) in [4.78, 5) is 0. The van der Waals surface area contributed by atoms with Crippen molar-refractivity contribution in [3.8, 4) is 11.5 Å². The number of hydrogen-bond acceptors (Lipinski definition) is 4. The fourth-order valence-corrected chi connectivity index (χ4v) is 2.05. The van der Waals surface area contributed by atoms with Gasteiger partial charge in [0.1, 0.15) is 11.5 Å². The highest BCUT2D eigenvalue weighted by atomic mass is 16.5. The summed E-state index contributed by atoms with van der Waals surface area (Å²) in [6.45, 7) is 0.729. The highest BCUT2D eigenvalue weighted by molar-refractivity contribution is 5.42. The molecular formula is C14H19N3O2. The van der Waals surface area contributed by atoms with Gasteiger partial charge in [0, 0.05) is 18.0 Å². The van der Waals surface area contributed by atoms with Crippen molar-refractivity contribution >= 4 is 0 Å². The highest BCUT2D eigenvalue weighted by Gasteiger charge is 2.16. The lowest BCUT2D eigenvalue weighted by Gasteiger charge is -2.20. The third-order valence-corrected chi connectivity index (χ3v) is 3.09. The van der Waals surface area contributed by atoms with Crippen LogP contribution < -0.4 is 14.8 Å². The minimum absolute atomic E-state index is 0.102.